The maximum absolute atomic E-state index is 11.0. The number of nitrogens with zero attached hydrogens (tertiary/aromatic N) is 2. The third kappa shape index (κ3) is 3.51. The number of hydrogen-bond donors (Lipinski definition) is 3. The molecule has 4 N–H and O–H groups in total. The molecule has 1 amide bonds. The molecule has 0 radical (unpaired) electrons. The van der Waals surface area contributed by atoms with Gasteiger partial charge in [-0.1, -0.05) is 6.07 Å². The van der Waals surface area contributed by atoms with Gasteiger partial charge in [-0.15, -0.1) is 11.3 Å². The smallest absolute Gasteiger partial charge is 0.355 e. The largest absolute Gasteiger partial charge is 0.476 e. The number of nitrogens with one attached hydrogen (secondary N) is 1. The van der Waals surface area contributed by atoms with Gasteiger partial charge in [-0.25, -0.2) is 14.8 Å². The fourth-order valence-electron chi connectivity index (χ4n) is 1.49. The lowest BCUT2D eigenvalue weighted by Crippen LogP contribution is -2.14. The number of carbonyl (C=O) groups excluding carboxylic acids is 1. The summed E-state index contributed by atoms with van der Waals surface area (Å²) in [4.78, 5) is 29.7. The number of anilines is 1. The van der Waals surface area contributed by atoms with Gasteiger partial charge < -0.3 is 16.2 Å². The van der Waals surface area contributed by atoms with Crippen LogP contribution in [0.4, 0.5) is 5.82 Å². The van der Waals surface area contributed by atoms with E-state index in [1.165, 1.54) is 22.8 Å². The number of aromatic nitrogens is 2. The first-order chi connectivity index (χ1) is 9.56. The van der Waals surface area contributed by atoms with Gasteiger partial charge in [0.25, 0.3) is 5.91 Å². The molecule has 0 aromatic carbocycles. The number of carboxylic acid groups (broad SMARTS) is 1. The van der Waals surface area contributed by atoms with Crippen molar-refractivity contribution in [3.05, 3.63) is 40.0 Å². The van der Waals surface area contributed by atoms with E-state index in [1.807, 2.05) is 0 Å². The van der Waals surface area contributed by atoms with Gasteiger partial charge in [0.2, 0.25) is 0 Å². The van der Waals surface area contributed by atoms with Crippen LogP contribution in [0.25, 0.3) is 0 Å². The molecule has 2 rings (SSSR count). The number of hydrogen-bond acceptors (Lipinski definition) is 6. The molecule has 0 saturated heterocycles. The predicted molar refractivity (Wildman–Crippen MR) is 74.0 cm³/mol. The van der Waals surface area contributed by atoms with E-state index in [0.29, 0.717) is 18.8 Å². The summed E-state index contributed by atoms with van der Waals surface area (Å²) in [5.74, 6) is -1.08. The lowest BCUT2D eigenvalue weighted by atomic mass is 10.3. The predicted octanol–water partition coefficient (Wildman–Crippen LogP) is 0.990. The van der Waals surface area contributed by atoms with Crippen molar-refractivity contribution in [2.75, 3.05) is 11.9 Å². The number of carboxylic acids is 1. The Hall–Kier alpha value is -2.48. The molecule has 0 bridgehead atoms. The molecule has 0 saturated carbocycles. The molecule has 2 aromatic heterocycles. The summed E-state index contributed by atoms with van der Waals surface area (Å²) >= 11 is 1.29. The van der Waals surface area contributed by atoms with E-state index in [2.05, 4.69) is 15.3 Å². The molecule has 0 fully saturated rings. The van der Waals surface area contributed by atoms with Gasteiger partial charge in [0, 0.05) is 18.3 Å². The Kier molecular flexibility index (Phi) is 4.26. The Morgan fingerprint density at radius 2 is 2.10 bits per heavy atom. The van der Waals surface area contributed by atoms with Crippen molar-refractivity contribution in [2.45, 2.75) is 6.42 Å². The fourth-order valence-corrected chi connectivity index (χ4v) is 2.26. The van der Waals surface area contributed by atoms with Crippen molar-refractivity contribution >= 4 is 29.0 Å². The first-order valence-electron chi connectivity index (χ1n) is 5.74. The number of carbonyl (C=O) groups is 2. The Bertz CT molecular complexity index is 641. The lowest BCUT2D eigenvalue weighted by Gasteiger charge is -2.04. The van der Waals surface area contributed by atoms with Crippen LogP contribution in [0.5, 0.6) is 0 Å². The summed E-state index contributed by atoms with van der Waals surface area (Å²) in [5, 5.41) is 14.0. The Balaban J connectivity index is 1.90. The minimum absolute atomic E-state index is 0.0545. The molecule has 20 heavy (non-hydrogen) atoms. The Labute approximate surface area is 118 Å². The molecule has 104 valence electrons. The van der Waals surface area contributed by atoms with Crippen molar-refractivity contribution in [3.8, 4) is 0 Å². The first kappa shape index (κ1) is 13.9. The van der Waals surface area contributed by atoms with E-state index >= 15 is 0 Å². The highest BCUT2D eigenvalue weighted by Gasteiger charge is 2.08. The van der Waals surface area contributed by atoms with Crippen LogP contribution in [0.2, 0.25) is 0 Å². The standard InChI is InChI=1S/C12H12N4O3S/c13-11(17)7-2-1-3-9(15-7)14-5-4-10-16-8(6-20-10)12(18)19/h1-3,6H,4-5H2,(H2,13,17)(H,14,15)(H,18,19). The van der Waals surface area contributed by atoms with Crippen molar-refractivity contribution in [2.24, 2.45) is 5.73 Å². The normalized spacial score (nSPS) is 10.2. The van der Waals surface area contributed by atoms with Gasteiger partial charge in [0.05, 0.1) is 5.01 Å². The second kappa shape index (κ2) is 6.11. The van der Waals surface area contributed by atoms with Gasteiger partial charge in [-0.3, -0.25) is 4.79 Å². The number of nitrogens with two attached hydrogens (primary N) is 1. The maximum Gasteiger partial charge on any atom is 0.355 e. The molecule has 0 aliphatic heterocycles. The molecule has 0 spiro atoms. The summed E-state index contributed by atoms with van der Waals surface area (Å²) in [6.07, 6.45) is 0.570. The fraction of sp³-hybridized carbons (Fsp3) is 0.167. The lowest BCUT2D eigenvalue weighted by molar-refractivity contribution is 0.0691. The quantitative estimate of drug-likeness (QED) is 0.730. The number of amides is 1. The Morgan fingerprint density at radius 1 is 1.30 bits per heavy atom. The highest BCUT2D eigenvalue weighted by molar-refractivity contribution is 7.09. The number of thiazole rings is 1. The maximum atomic E-state index is 11.0. The van der Waals surface area contributed by atoms with Gasteiger partial charge in [-0.05, 0) is 12.1 Å². The van der Waals surface area contributed by atoms with E-state index in [4.69, 9.17) is 10.8 Å². The van der Waals surface area contributed by atoms with Crippen LogP contribution in [0.15, 0.2) is 23.6 Å². The summed E-state index contributed by atoms with van der Waals surface area (Å²) in [7, 11) is 0. The number of aromatic carboxylic acids is 1. The van der Waals surface area contributed by atoms with Gasteiger partial charge in [-0.2, -0.15) is 0 Å². The summed E-state index contributed by atoms with van der Waals surface area (Å²) in [6.45, 7) is 0.530. The zero-order chi connectivity index (χ0) is 14.5. The SMILES string of the molecule is NC(=O)c1cccc(NCCc2nc(C(=O)O)cs2)n1. The van der Waals surface area contributed by atoms with E-state index in [1.54, 1.807) is 12.1 Å². The topological polar surface area (TPSA) is 118 Å². The monoisotopic (exact) mass is 292 g/mol. The van der Waals surface area contributed by atoms with Crippen LogP contribution in [0, 0.1) is 0 Å². The third-order valence-electron chi connectivity index (χ3n) is 2.42. The number of primary amides is 1. The molecule has 8 heteroatoms. The Morgan fingerprint density at radius 3 is 2.75 bits per heavy atom. The van der Waals surface area contributed by atoms with E-state index < -0.39 is 11.9 Å². The van der Waals surface area contributed by atoms with Gasteiger partial charge >= 0.3 is 5.97 Å². The molecule has 7 nitrogen and oxygen atoms in total. The van der Waals surface area contributed by atoms with Crippen LogP contribution in [-0.2, 0) is 6.42 Å². The van der Waals surface area contributed by atoms with E-state index in [-0.39, 0.29) is 11.4 Å². The van der Waals surface area contributed by atoms with E-state index in [9.17, 15) is 9.59 Å². The van der Waals surface area contributed by atoms with Crippen LogP contribution < -0.4 is 11.1 Å². The van der Waals surface area contributed by atoms with Crippen molar-refractivity contribution < 1.29 is 14.7 Å². The molecule has 0 unspecified atom stereocenters. The second-order valence-corrected chi connectivity index (χ2v) is 4.82. The molecular weight excluding hydrogens is 280 g/mol. The highest BCUT2D eigenvalue weighted by atomic mass is 32.1. The summed E-state index contributed by atoms with van der Waals surface area (Å²) in [5.41, 5.74) is 5.39. The van der Waals surface area contributed by atoms with Crippen LogP contribution in [0.1, 0.15) is 26.0 Å². The highest BCUT2D eigenvalue weighted by Crippen LogP contribution is 2.11. The molecular formula is C12H12N4O3S. The first-order valence-corrected chi connectivity index (χ1v) is 6.62. The summed E-state index contributed by atoms with van der Waals surface area (Å²) < 4.78 is 0. The van der Waals surface area contributed by atoms with Crippen molar-refractivity contribution in [1.82, 2.24) is 9.97 Å². The number of rotatable bonds is 6. The number of pyridine rings is 1. The molecule has 2 heterocycles. The third-order valence-corrected chi connectivity index (χ3v) is 3.33. The zero-order valence-electron chi connectivity index (χ0n) is 10.4. The zero-order valence-corrected chi connectivity index (χ0v) is 11.2. The molecule has 2 aromatic rings. The average molecular weight is 292 g/mol. The molecule has 0 atom stereocenters. The van der Waals surface area contributed by atoms with Gasteiger partial charge in [0.1, 0.15) is 11.5 Å². The van der Waals surface area contributed by atoms with Crippen LogP contribution in [-0.4, -0.2) is 33.5 Å². The summed E-state index contributed by atoms with van der Waals surface area (Å²) in [6, 6.07) is 4.94. The second-order valence-electron chi connectivity index (χ2n) is 3.88. The van der Waals surface area contributed by atoms with Crippen molar-refractivity contribution in [3.63, 3.8) is 0 Å². The minimum atomic E-state index is -1.03. The van der Waals surface area contributed by atoms with E-state index in [0.717, 1.165) is 5.01 Å². The van der Waals surface area contributed by atoms with Crippen LogP contribution >= 0.6 is 11.3 Å². The van der Waals surface area contributed by atoms with Crippen molar-refractivity contribution in [1.29, 1.82) is 0 Å². The van der Waals surface area contributed by atoms with Gasteiger partial charge in [0.15, 0.2) is 5.69 Å². The average Bonchev–Trinajstić information content (AvgIpc) is 2.88. The molecule has 0 aliphatic rings. The minimum Gasteiger partial charge on any atom is -0.476 e. The molecule has 0 aliphatic carbocycles. The van der Waals surface area contributed by atoms with Crippen LogP contribution in [0.3, 0.4) is 0 Å².